The van der Waals surface area contributed by atoms with Crippen LogP contribution in [0.2, 0.25) is 0 Å². The van der Waals surface area contributed by atoms with E-state index in [-0.39, 0.29) is 180 Å². The van der Waals surface area contributed by atoms with Crippen LogP contribution in [0, 0.1) is 0 Å². The molecule has 35 heavy (non-hydrogen) atoms. The van der Waals surface area contributed by atoms with Gasteiger partial charge in [0.2, 0.25) is 0 Å². The van der Waals surface area contributed by atoms with Gasteiger partial charge in [-0.15, -0.1) is 0 Å². The van der Waals surface area contributed by atoms with E-state index in [2.05, 4.69) is 0 Å². The molecular weight excluding hydrogens is 811 g/mol. The quantitative estimate of drug-likeness (QED) is 0.0795. The van der Waals surface area contributed by atoms with Crippen molar-refractivity contribution in [3.8, 4) is 0 Å². The monoisotopic (exact) mass is 841 g/mol. The molecule has 0 unspecified atom stereocenters. The Kier molecular flexibility index (Phi) is 264. The van der Waals surface area contributed by atoms with Gasteiger partial charge in [-0.2, -0.15) is 68.5 Å². The second-order valence-corrected chi connectivity index (χ2v) is 6.30. The maximum atomic E-state index is 8.88. The first kappa shape index (κ1) is 138. The molecule has 0 aromatic carbocycles. The van der Waals surface area contributed by atoms with E-state index in [4.69, 9.17) is 78.3 Å². The van der Waals surface area contributed by atoms with Crippen molar-refractivity contribution >= 4 is 32.7 Å². The fraction of sp³-hybridized carbons (Fsp3) is 0. The van der Waals surface area contributed by atoms with E-state index < -0.39 is 32.7 Å². The van der Waals surface area contributed by atoms with Crippen LogP contribution in [0.15, 0.2) is 0 Å². The molecule has 35 heteroatoms. The third-order valence-corrected chi connectivity index (χ3v) is 0. The van der Waals surface area contributed by atoms with Gasteiger partial charge in [-0.25, -0.2) is 0 Å². The Morgan fingerprint density at radius 1 is 0.286 bits per heavy atom. The van der Waals surface area contributed by atoms with Crippen molar-refractivity contribution < 1.29 is 258 Å². The predicted molar refractivity (Wildman–Crippen MR) is 86.2 cm³/mol. The molecule has 0 aliphatic heterocycles. The van der Waals surface area contributed by atoms with E-state index in [1.807, 2.05) is 0 Å². The summed E-state index contributed by atoms with van der Waals surface area (Å²) in [5.41, 5.74) is 0. The van der Waals surface area contributed by atoms with Crippen LogP contribution in [0.1, 0.15) is 0 Å². The van der Waals surface area contributed by atoms with Crippen LogP contribution >= 0.6 is 32.7 Å². The Bertz CT molecular complexity index is 150. The topological polar surface area (TPSA) is 608 Å². The molecule has 0 atom stereocenters. The molecule has 0 fully saturated rings. The molecule has 0 saturated carbocycles. The zero-order chi connectivity index (χ0) is 18.0. The van der Waals surface area contributed by atoms with Gasteiger partial charge >= 0.3 is 32.7 Å². The molecule has 0 aliphatic carbocycles. The smallest absolute Gasteiger partial charge is 0.564 e. The first-order valence-corrected chi connectivity index (χ1v) is 9.50. The molecule has 0 bridgehead atoms. The van der Waals surface area contributed by atoms with Crippen molar-refractivity contribution in [1.82, 2.24) is 0 Å². The van der Waals surface area contributed by atoms with E-state index in [0.717, 1.165) is 0 Å². The molecule has 0 heterocycles. The van der Waals surface area contributed by atoms with Crippen molar-refractivity contribution in [3.05, 3.63) is 0 Å². The summed E-state index contributed by atoms with van der Waals surface area (Å²) in [6.07, 6.45) is 0. The van der Waals surface area contributed by atoms with E-state index in [9.17, 15) is 0 Å². The fourth-order valence-corrected chi connectivity index (χ4v) is 0. The summed E-state index contributed by atoms with van der Waals surface area (Å²) in [4.78, 5) is 119. The summed E-state index contributed by atoms with van der Waals surface area (Å²) in [6, 6.07) is 0. The van der Waals surface area contributed by atoms with E-state index >= 15 is 0 Å². The summed E-state index contributed by atoms with van der Waals surface area (Å²) in [7, 11) is -18.1. The van der Waals surface area contributed by atoms with Crippen molar-refractivity contribution in [2.75, 3.05) is 0 Å². The van der Waals surface area contributed by atoms with Gasteiger partial charge in [-0.05, 0) is 0 Å². The molecule has 0 rings (SSSR count). The Labute approximate surface area is 287 Å². The first-order valence-electron chi connectivity index (χ1n) is 3.17. The summed E-state index contributed by atoms with van der Waals surface area (Å²) in [6.45, 7) is 0. The number of hydrogen-bond acceptors (Lipinski definition) is 19. The van der Waals surface area contributed by atoms with Gasteiger partial charge in [-0.1, -0.05) is 0 Å². The van der Waals surface area contributed by atoms with Crippen LogP contribution in [0.25, 0.3) is 0 Å². The largest absolute Gasteiger partial charge is 0.870 e. The van der Waals surface area contributed by atoms with E-state index in [0.29, 0.717) is 0 Å². The molecule has 0 spiro atoms. The van der Waals surface area contributed by atoms with Gasteiger partial charge in [0.15, 0.2) is 0 Å². The third kappa shape index (κ3) is 2130. The minimum Gasteiger partial charge on any atom is -0.870 e. The third-order valence-electron chi connectivity index (χ3n) is 0. The average Bonchev–Trinajstić information content (AvgIpc) is 1.62. The first-order chi connectivity index (χ1) is 8.00. The molecule has 0 radical (unpaired) electrons. The second kappa shape index (κ2) is 67.0. The number of rotatable bonds is 0. The van der Waals surface area contributed by atoms with Crippen LogP contribution in [0.5, 0.6) is 0 Å². The molecule has 0 aromatic heterocycles. The van der Waals surface area contributed by atoms with Crippen molar-refractivity contribution in [2.45, 2.75) is 0 Å². The van der Waals surface area contributed by atoms with Crippen LogP contribution in [-0.2, 0) is 130 Å². The minimum atomic E-state index is -4.64. The Morgan fingerprint density at radius 2 is 0.286 bits per heavy atom. The van der Waals surface area contributed by atoms with Crippen molar-refractivity contribution in [2.24, 2.45) is 0 Å². The molecule has 25 nitrogen and oxygen atoms in total. The summed E-state index contributed by atoms with van der Waals surface area (Å²) >= 11 is 0. The van der Waals surface area contributed by atoms with Gasteiger partial charge in [-0.3, -0.25) is 0 Å². The maximum absolute atomic E-state index is 8.88. The van der Waals surface area contributed by atoms with Crippen molar-refractivity contribution in [1.29, 1.82) is 0 Å². The zero-order valence-electron chi connectivity index (χ0n) is 16.2. The van der Waals surface area contributed by atoms with Gasteiger partial charge in [0.25, 0.3) is 0 Å². The maximum Gasteiger partial charge on any atom is 0.564 e. The van der Waals surface area contributed by atoms with Crippen LogP contribution < -0.4 is 9.79 Å². The normalized spacial score (nSPS) is 6.86. The zero-order valence-corrected chi connectivity index (χ0v) is 29.2. The van der Waals surface area contributed by atoms with Crippen LogP contribution in [0.3, 0.4) is 0 Å². The van der Waals surface area contributed by atoms with Gasteiger partial charge in [0.05, 0.1) is 0 Å². The molecule has 224 valence electrons. The summed E-state index contributed by atoms with van der Waals surface area (Å²) in [5, 5.41) is 0. The molecule has 29 N–H and O–H groups in total. The van der Waals surface area contributed by atoms with Crippen molar-refractivity contribution in [3.63, 3.8) is 0 Å². The Balaban J connectivity index is -0.00000000502. The van der Waals surface area contributed by atoms with Gasteiger partial charge in [0.1, 0.15) is 0 Å². The van der Waals surface area contributed by atoms with Gasteiger partial charge < -0.3 is 59.1 Å². The number of hydrogen-bond donors (Lipinski definition) is 14. The Hall–Kier alpha value is 5.01. The minimum absolute atomic E-state index is 0. The predicted octanol–water partition coefficient (Wildman–Crippen LogP) is -12.2. The van der Waals surface area contributed by atoms with Gasteiger partial charge in [0, 0.05) is 130 Å². The Morgan fingerprint density at radius 3 is 0.286 bits per heavy atom. The fourth-order valence-electron chi connectivity index (χ4n) is 0. The summed E-state index contributed by atoms with van der Waals surface area (Å²) in [5.74, 6) is 0. The summed E-state index contributed by atoms with van der Waals surface area (Å²) < 4.78 is 0. The van der Waals surface area contributed by atoms with Crippen LogP contribution in [-0.4, -0.2) is 118 Å². The second-order valence-electron chi connectivity index (χ2n) is 2.10. The van der Waals surface area contributed by atoms with Crippen LogP contribution in [0.4, 0.5) is 0 Å². The number of phosphoric acid groups is 2. The molecule has 0 amide bonds. The molecule has 0 aliphatic rings. The molecule has 0 aromatic rings. The van der Waals surface area contributed by atoms with E-state index in [1.165, 1.54) is 0 Å². The standard InChI is InChI=1S/2H4O4P.2H3O4P.9H2O.6Ti/c4*1-5(2,3)4;;;;;;;;;;;;;;;/h2*1-4H;2*(H3,1,2,3,4);9*1H2;;;;;;/q2*+1;;;;;;;;;;;;;;;;;/p-3. The molecule has 0 saturated heterocycles. The average molecular weight is 840 g/mol. The molecular formula is H29O25P4Ti6-. The van der Waals surface area contributed by atoms with E-state index in [1.54, 1.807) is 0 Å². The SMILES string of the molecule is O.O.O.O.O.O.O[P+](O)(O)O.O[P+](O)(O)O.[O-][P+](O)(O)O.[O-][P+](O)(O)O.[OH-].[OH-].[OH-].[Ti].[Ti].[Ti].[Ti].[Ti].[Ti].